The molecule has 0 spiro atoms. The van der Waals surface area contributed by atoms with Crippen molar-refractivity contribution < 1.29 is 4.92 Å². The fourth-order valence-corrected chi connectivity index (χ4v) is 1.62. The number of guanidine groups is 1. The van der Waals surface area contributed by atoms with E-state index in [4.69, 9.17) is 17.3 Å². The highest BCUT2D eigenvalue weighted by molar-refractivity contribution is 6.30. The SMILES string of the molecule is NC(=Nc1ccc([N+](=O)[O-])cc1)Nc1ccc(Cl)cc1. The third-order valence-electron chi connectivity index (χ3n) is 2.43. The molecule has 0 amide bonds. The topological polar surface area (TPSA) is 93.5 Å². The minimum absolute atomic E-state index is 0.00758. The molecule has 7 heteroatoms. The van der Waals surface area contributed by atoms with Crippen molar-refractivity contribution in [1.29, 1.82) is 0 Å². The number of nitro benzene ring substituents is 1. The van der Waals surface area contributed by atoms with E-state index in [0.29, 0.717) is 10.7 Å². The molecule has 0 fully saturated rings. The second-order valence-electron chi connectivity index (χ2n) is 3.90. The molecule has 3 N–H and O–H groups in total. The number of anilines is 1. The zero-order valence-electron chi connectivity index (χ0n) is 10.3. The van der Waals surface area contributed by atoms with E-state index in [1.807, 2.05) is 0 Å². The number of hydrogen-bond donors (Lipinski definition) is 2. The van der Waals surface area contributed by atoms with Crippen LogP contribution in [0.4, 0.5) is 17.1 Å². The molecule has 2 aromatic rings. The van der Waals surface area contributed by atoms with Gasteiger partial charge in [0, 0.05) is 22.8 Å². The number of non-ortho nitro benzene ring substituents is 1. The largest absolute Gasteiger partial charge is 0.369 e. The lowest BCUT2D eigenvalue weighted by Gasteiger charge is -2.05. The van der Waals surface area contributed by atoms with Crippen molar-refractivity contribution in [1.82, 2.24) is 0 Å². The maximum absolute atomic E-state index is 10.5. The summed E-state index contributed by atoms with van der Waals surface area (Å²) >= 11 is 5.77. The third-order valence-corrected chi connectivity index (χ3v) is 2.68. The summed E-state index contributed by atoms with van der Waals surface area (Å²) in [5, 5.41) is 14.0. The molecule has 0 saturated carbocycles. The molecule has 0 aliphatic carbocycles. The Morgan fingerprint density at radius 1 is 1.15 bits per heavy atom. The number of rotatable bonds is 3. The highest BCUT2D eigenvalue weighted by Gasteiger charge is 2.03. The van der Waals surface area contributed by atoms with Crippen LogP contribution in [0.1, 0.15) is 0 Å². The number of aliphatic imine (C=N–C) groups is 1. The molecule has 0 radical (unpaired) electrons. The van der Waals surface area contributed by atoms with Crippen LogP contribution >= 0.6 is 11.6 Å². The number of hydrogen-bond acceptors (Lipinski definition) is 3. The monoisotopic (exact) mass is 290 g/mol. The molecule has 0 aliphatic rings. The lowest BCUT2D eigenvalue weighted by atomic mass is 10.3. The number of halogens is 1. The van der Waals surface area contributed by atoms with Gasteiger partial charge in [0.05, 0.1) is 10.6 Å². The van der Waals surface area contributed by atoms with E-state index in [0.717, 1.165) is 5.69 Å². The fraction of sp³-hybridized carbons (Fsp3) is 0. The van der Waals surface area contributed by atoms with Crippen LogP contribution < -0.4 is 11.1 Å². The first kappa shape index (κ1) is 13.8. The van der Waals surface area contributed by atoms with Crippen molar-refractivity contribution in [2.24, 2.45) is 10.7 Å². The van der Waals surface area contributed by atoms with Crippen LogP contribution in [0.5, 0.6) is 0 Å². The van der Waals surface area contributed by atoms with Gasteiger partial charge >= 0.3 is 0 Å². The van der Waals surface area contributed by atoms with Crippen LogP contribution in [-0.4, -0.2) is 10.9 Å². The molecule has 0 aliphatic heterocycles. The first-order valence-corrected chi connectivity index (χ1v) is 6.03. The molecule has 0 heterocycles. The summed E-state index contributed by atoms with van der Waals surface area (Å²) in [5.41, 5.74) is 7.02. The second-order valence-corrected chi connectivity index (χ2v) is 4.34. The summed E-state index contributed by atoms with van der Waals surface area (Å²) in [6.45, 7) is 0. The highest BCUT2D eigenvalue weighted by Crippen LogP contribution is 2.18. The van der Waals surface area contributed by atoms with Crippen molar-refractivity contribution >= 4 is 34.6 Å². The van der Waals surface area contributed by atoms with Crippen molar-refractivity contribution in [3.05, 3.63) is 63.7 Å². The van der Waals surface area contributed by atoms with E-state index < -0.39 is 4.92 Å². The minimum Gasteiger partial charge on any atom is -0.369 e. The van der Waals surface area contributed by atoms with E-state index in [1.165, 1.54) is 24.3 Å². The fourth-order valence-electron chi connectivity index (χ4n) is 1.50. The summed E-state index contributed by atoms with van der Waals surface area (Å²) in [4.78, 5) is 14.2. The average molecular weight is 291 g/mol. The van der Waals surface area contributed by atoms with Gasteiger partial charge in [0.1, 0.15) is 0 Å². The van der Waals surface area contributed by atoms with Gasteiger partial charge in [0.25, 0.3) is 5.69 Å². The normalized spacial score (nSPS) is 11.2. The van der Waals surface area contributed by atoms with Crippen molar-refractivity contribution in [3.63, 3.8) is 0 Å². The van der Waals surface area contributed by atoms with Crippen LogP contribution in [0.2, 0.25) is 5.02 Å². The third kappa shape index (κ3) is 3.69. The molecule has 0 atom stereocenters. The first-order chi connectivity index (χ1) is 9.54. The van der Waals surface area contributed by atoms with Crippen molar-refractivity contribution in [2.75, 3.05) is 5.32 Å². The van der Waals surface area contributed by atoms with E-state index in [9.17, 15) is 10.1 Å². The van der Waals surface area contributed by atoms with Crippen LogP contribution in [0.3, 0.4) is 0 Å². The van der Waals surface area contributed by atoms with Gasteiger partial charge in [-0.25, -0.2) is 4.99 Å². The van der Waals surface area contributed by atoms with Crippen LogP contribution in [0.25, 0.3) is 0 Å². The van der Waals surface area contributed by atoms with Gasteiger partial charge < -0.3 is 11.1 Å². The molecule has 2 aromatic carbocycles. The Kier molecular flexibility index (Phi) is 4.17. The maximum Gasteiger partial charge on any atom is 0.269 e. The van der Waals surface area contributed by atoms with Crippen LogP contribution in [0.15, 0.2) is 53.5 Å². The maximum atomic E-state index is 10.5. The molecular formula is C13H11ClN4O2. The summed E-state index contributed by atoms with van der Waals surface area (Å²) in [5.74, 6) is 0.182. The molecule has 0 bridgehead atoms. The summed E-state index contributed by atoms with van der Waals surface area (Å²) in [6.07, 6.45) is 0. The van der Waals surface area contributed by atoms with Crippen molar-refractivity contribution in [2.45, 2.75) is 0 Å². The molecule has 20 heavy (non-hydrogen) atoms. The Hall–Kier alpha value is -2.60. The predicted molar refractivity (Wildman–Crippen MR) is 79.5 cm³/mol. The second kappa shape index (κ2) is 6.03. The van der Waals surface area contributed by atoms with Gasteiger partial charge in [-0.05, 0) is 36.4 Å². The molecule has 2 rings (SSSR count). The predicted octanol–water partition coefficient (Wildman–Crippen LogP) is 3.31. The van der Waals surface area contributed by atoms with Gasteiger partial charge in [0.2, 0.25) is 0 Å². The molecule has 0 aromatic heterocycles. The van der Waals surface area contributed by atoms with Crippen LogP contribution in [-0.2, 0) is 0 Å². The van der Waals surface area contributed by atoms with E-state index in [1.54, 1.807) is 24.3 Å². The highest BCUT2D eigenvalue weighted by atomic mass is 35.5. The Morgan fingerprint density at radius 2 is 1.75 bits per heavy atom. The average Bonchev–Trinajstić information content (AvgIpc) is 2.42. The van der Waals surface area contributed by atoms with Gasteiger partial charge in [-0.15, -0.1) is 0 Å². The number of benzene rings is 2. The zero-order valence-corrected chi connectivity index (χ0v) is 11.0. The smallest absolute Gasteiger partial charge is 0.269 e. The molecule has 6 nitrogen and oxygen atoms in total. The Labute approximate surface area is 120 Å². The van der Waals surface area contributed by atoms with E-state index >= 15 is 0 Å². The summed E-state index contributed by atoms with van der Waals surface area (Å²) in [7, 11) is 0. The van der Waals surface area contributed by atoms with Crippen molar-refractivity contribution in [3.8, 4) is 0 Å². The number of nitrogens with two attached hydrogens (primary N) is 1. The lowest BCUT2D eigenvalue weighted by Crippen LogP contribution is -2.21. The van der Waals surface area contributed by atoms with E-state index in [-0.39, 0.29) is 11.6 Å². The number of nitrogens with zero attached hydrogens (tertiary/aromatic N) is 2. The summed E-state index contributed by atoms with van der Waals surface area (Å²) in [6, 6.07) is 12.8. The number of nitro groups is 1. The minimum atomic E-state index is -0.469. The van der Waals surface area contributed by atoms with Gasteiger partial charge in [-0.2, -0.15) is 0 Å². The van der Waals surface area contributed by atoms with Gasteiger partial charge in [-0.3, -0.25) is 10.1 Å². The molecular weight excluding hydrogens is 280 g/mol. The zero-order chi connectivity index (χ0) is 14.5. The Balaban J connectivity index is 2.09. The Bertz CT molecular complexity index is 638. The van der Waals surface area contributed by atoms with Crippen LogP contribution in [0, 0.1) is 10.1 Å². The Morgan fingerprint density at radius 3 is 2.30 bits per heavy atom. The quantitative estimate of drug-likeness (QED) is 0.392. The van der Waals surface area contributed by atoms with Gasteiger partial charge in [-0.1, -0.05) is 11.6 Å². The molecule has 0 unspecified atom stereocenters. The van der Waals surface area contributed by atoms with Gasteiger partial charge in [0.15, 0.2) is 5.96 Å². The molecule has 102 valence electrons. The van der Waals surface area contributed by atoms with E-state index in [2.05, 4.69) is 10.3 Å². The number of nitrogens with one attached hydrogen (secondary N) is 1. The standard InChI is InChI=1S/C13H11ClN4O2/c14-9-1-3-10(4-2-9)16-13(15)17-11-5-7-12(8-6-11)18(19)20/h1-8H,(H3,15,16,17). The lowest BCUT2D eigenvalue weighted by molar-refractivity contribution is -0.384. The summed E-state index contributed by atoms with van der Waals surface area (Å²) < 4.78 is 0. The molecule has 0 saturated heterocycles. The first-order valence-electron chi connectivity index (χ1n) is 5.66.